The number of anilines is 3. The number of piperazine rings is 1. The summed E-state index contributed by atoms with van der Waals surface area (Å²) in [5.41, 5.74) is 2.55. The van der Waals surface area contributed by atoms with Crippen LogP contribution in [0.15, 0.2) is 42.7 Å². The number of rotatable bonds is 5. The highest BCUT2D eigenvalue weighted by molar-refractivity contribution is 7.22. The molecule has 0 aliphatic carbocycles. The van der Waals surface area contributed by atoms with Gasteiger partial charge in [0.1, 0.15) is 11.4 Å². The monoisotopic (exact) mass is 514 g/mol. The first-order chi connectivity index (χ1) is 16.5. The second-order valence-electron chi connectivity index (χ2n) is 8.06. The predicted octanol–water partition coefficient (Wildman–Crippen LogP) is 3.56. The molecule has 5 rings (SSSR count). The lowest BCUT2D eigenvalue weighted by atomic mass is 10.1. The molecular formula is C23H24ClFN8OS. The van der Waals surface area contributed by atoms with Crippen molar-refractivity contribution in [2.45, 2.75) is 0 Å². The molecule has 1 aliphatic heterocycles. The van der Waals surface area contributed by atoms with Gasteiger partial charge in [0.2, 0.25) is 5.95 Å². The summed E-state index contributed by atoms with van der Waals surface area (Å²) in [4.78, 5) is 33.6. The van der Waals surface area contributed by atoms with Crippen molar-refractivity contribution >= 4 is 56.6 Å². The van der Waals surface area contributed by atoms with Crippen molar-refractivity contribution in [3.8, 4) is 11.3 Å². The molecular weight excluding hydrogens is 491 g/mol. The van der Waals surface area contributed by atoms with Crippen molar-refractivity contribution in [1.82, 2.24) is 30.2 Å². The fourth-order valence-corrected chi connectivity index (χ4v) is 4.51. The Bertz CT molecular complexity index is 1340. The summed E-state index contributed by atoms with van der Waals surface area (Å²) in [7, 11) is 3.87. The van der Waals surface area contributed by atoms with Gasteiger partial charge in [-0.1, -0.05) is 17.4 Å². The third-order valence-electron chi connectivity index (χ3n) is 5.42. The Balaban J connectivity index is 0.00000289. The number of thiazole rings is 1. The van der Waals surface area contributed by atoms with Crippen LogP contribution in [0.1, 0.15) is 10.5 Å². The van der Waals surface area contributed by atoms with Crippen LogP contribution >= 0.6 is 23.7 Å². The largest absolute Gasteiger partial charge is 0.354 e. The Morgan fingerprint density at radius 1 is 1.11 bits per heavy atom. The third kappa shape index (κ3) is 5.31. The van der Waals surface area contributed by atoms with E-state index in [-0.39, 0.29) is 30.0 Å². The van der Waals surface area contributed by atoms with Crippen LogP contribution in [0.2, 0.25) is 0 Å². The lowest BCUT2D eigenvalue weighted by molar-refractivity contribution is 0.0730. The Morgan fingerprint density at radius 3 is 2.63 bits per heavy atom. The van der Waals surface area contributed by atoms with E-state index in [1.165, 1.54) is 0 Å². The smallest absolute Gasteiger partial charge is 0.272 e. The van der Waals surface area contributed by atoms with Gasteiger partial charge < -0.3 is 20.4 Å². The Hall–Kier alpha value is -3.41. The molecule has 9 nitrogen and oxygen atoms in total. The third-order valence-corrected chi connectivity index (χ3v) is 6.62. The molecule has 1 aromatic carbocycles. The first kappa shape index (κ1) is 24.7. The number of carbonyl (C=O) groups excluding carboxylic acids is 1. The summed E-state index contributed by atoms with van der Waals surface area (Å²) in [6.07, 6.45) is 2.68. The maximum absolute atomic E-state index is 14.6. The van der Waals surface area contributed by atoms with Gasteiger partial charge in [-0.25, -0.2) is 24.3 Å². The summed E-state index contributed by atoms with van der Waals surface area (Å²) in [5, 5.41) is 7.14. The lowest BCUT2D eigenvalue weighted by Gasteiger charge is -2.27. The molecule has 0 atom stereocenters. The number of amides is 1. The summed E-state index contributed by atoms with van der Waals surface area (Å²) in [6, 6.07) is 8.97. The number of nitrogens with one attached hydrogen (secondary N) is 2. The molecule has 4 heterocycles. The van der Waals surface area contributed by atoms with Crippen molar-refractivity contribution in [2.24, 2.45) is 0 Å². The number of hydrogen-bond donors (Lipinski definition) is 2. The standard InChI is InChI=1S/C23H23FN8OS.ClH/c1-31(2)23-29-18-11-14(3-6-19(18)34-23)20-16(24)13-27-22(30-20)28-15-4-5-17(26-12-15)21(33)32-9-7-25-8-10-32;/h3-6,11-13,25H,7-10H2,1-2H3,(H,27,28,30);1H. The average Bonchev–Trinajstić information content (AvgIpc) is 3.30. The quantitative estimate of drug-likeness (QED) is 0.417. The zero-order valence-electron chi connectivity index (χ0n) is 19.2. The molecule has 1 fully saturated rings. The molecule has 0 unspecified atom stereocenters. The maximum atomic E-state index is 14.6. The number of carbonyl (C=O) groups is 1. The Morgan fingerprint density at radius 2 is 1.91 bits per heavy atom. The summed E-state index contributed by atoms with van der Waals surface area (Å²) in [5.74, 6) is -0.391. The highest BCUT2D eigenvalue weighted by Crippen LogP contribution is 2.31. The second-order valence-corrected chi connectivity index (χ2v) is 9.07. The van der Waals surface area contributed by atoms with Gasteiger partial charge in [0, 0.05) is 45.8 Å². The Kier molecular flexibility index (Phi) is 7.39. The molecule has 12 heteroatoms. The van der Waals surface area contributed by atoms with Gasteiger partial charge >= 0.3 is 0 Å². The van der Waals surface area contributed by atoms with Crippen molar-refractivity contribution in [2.75, 3.05) is 50.5 Å². The molecule has 4 aromatic rings. The Labute approximate surface area is 211 Å². The molecule has 2 N–H and O–H groups in total. The van der Waals surface area contributed by atoms with Crippen molar-refractivity contribution < 1.29 is 9.18 Å². The SMILES string of the molecule is CN(C)c1nc2cc(-c3nc(Nc4ccc(C(=O)N5CCNCC5)nc4)ncc3F)ccc2s1.Cl. The lowest BCUT2D eigenvalue weighted by Crippen LogP contribution is -2.46. The molecule has 0 bridgehead atoms. The first-order valence-electron chi connectivity index (χ1n) is 10.8. The van der Waals surface area contributed by atoms with E-state index in [1.54, 1.807) is 34.6 Å². The molecule has 182 valence electrons. The van der Waals surface area contributed by atoms with Crippen LogP contribution in [0, 0.1) is 5.82 Å². The number of benzene rings is 1. The van der Waals surface area contributed by atoms with Gasteiger partial charge in [0.15, 0.2) is 10.9 Å². The zero-order chi connectivity index (χ0) is 23.7. The molecule has 1 aliphatic rings. The fourth-order valence-electron chi connectivity index (χ4n) is 3.64. The van der Waals surface area contributed by atoms with Crippen molar-refractivity contribution in [1.29, 1.82) is 0 Å². The minimum atomic E-state index is -0.525. The van der Waals surface area contributed by atoms with E-state index < -0.39 is 5.82 Å². The maximum Gasteiger partial charge on any atom is 0.272 e. The highest BCUT2D eigenvalue weighted by Gasteiger charge is 2.19. The summed E-state index contributed by atoms with van der Waals surface area (Å²) in [6.45, 7) is 2.88. The average molecular weight is 515 g/mol. The number of fused-ring (bicyclic) bond motifs is 1. The topological polar surface area (TPSA) is 99.2 Å². The molecule has 0 saturated carbocycles. The van der Waals surface area contributed by atoms with Crippen LogP contribution in [0.4, 0.5) is 21.2 Å². The molecule has 35 heavy (non-hydrogen) atoms. The van der Waals surface area contributed by atoms with Crippen LogP contribution < -0.4 is 15.5 Å². The molecule has 3 aromatic heterocycles. The molecule has 0 spiro atoms. The van der Waals surface area contributed by atoms with E-state index in [0.717, 1.165) is 34.6 Å². The van der Waals surface area contributed by atoms with Gasteiger partial charge in [-0.15, -0.1) is 12.4 Å². The predicted molar refractivity (Wildman–Crippen MR) is 138 cm³/mol. The molecule has 1 saturated heterocycles. The van der Waals surface area contributed by atoms with Crippen LogP contribution in [0.5, 0.6) is 0 Å². The zero-order valence-corrected chi connectivity index (χ0v) is 20.8. The first-order valence-corrected chi connectivity index (χ1v) is 11.6. The number of nitrogens with zero attached hydrogens (tertiary/aromatic N) is 6. The van der Waals surface area contributed by atoms with E-state index in [9.17, 15) is 9.18 Å². The van der Waals surface area contributed by atoms with E-state index in [0.29, 0.717) is 30.0 Å². The van der Waals surface area contributed by atoms with Crippen LogP contribution in [0.25, 0.3) is 21.5 Å². The van der Waals surface area contributed by atoms with Gasteiger partial charge in [-0.3, -0.25) is 4.79 Å². The second kappa shape index (κ2) is 10.5. The highest BCUT2D eigenvalue weighted by atomic mass is 35.5. The van der Waals surface area contributed by atoms with E-state index in [2.05, 4.69) is 30.6 Å². The van der Waals surface area contributed by atoms with Crippen LogP contribution in [-0.4, -0.2) is 71.0 Å². The molecule has 1 amide bonds. The molecule has 0 radical (unpaired) electrons. The number of halogens is 2. The van der Waals surface area contributed by atoms with Crippen molar-refractivity contribution in [3.05, 3.63) is 54.2 Å². The van der Waals surface area contributed by atoms with E-state index in [1.807, 2.05) is 37.2 Å². The minimum Gasteiger partial charge on any atom is -0.354 e. The summed E-state index contributed by atoms with van der Waals surface area (Å²) >= 11 is 1.57. The van der Waals surface area contributed by atoms with E-state index >= 15 is 0 Å². The summed E-state index contributed by atoms with van der Waals surface area (Å²) < 4.78 is 15.6. The van der Waals surface area contributed by atoms with Gasteiger partial charge in [0.05, 0.1) is 28.3 Å². The fraction of sp³-hybridized carbons (Fsp3) is 0.261. The van der Waals surface area contributed by atoms with Gasteiger partial charge in [0.25, 0.3) is 5.91 Å². The normalized spacial score (nSPS) is 13.4. The number of pyridine rings is 1. The van der Waals surface area contributed by atoms with Crippen molar-refractivity contribution in [3.63, 3.8) is 0 Å². The van der Waals surface area contributed by atoms with Gasteiger partial charge in [-0.05, 0) is 24.3 Å². The van der Waals surface area contributed by atoms with Gasteiger partial charge in [-0.2, -0.15) is 0 Å². The van der Waals surface area contributed by atoms with Crippen LogP contribution in [-0.2, 0) is 0 Å². The van der Waals surface area contributed by atoms with Crippen LogP contribution in [0.3, 0.4) is 0 Å². The minimum absolute atomic E-state index is 0. The number of hydrogen-bond acceptors (Lipinski definition) is 9. The van der Waals surface area contributed by atoms with E-state index in [4.69, 9.17) is 0 Å². The number of aromatic nitrogens is 4.